The van der Waals surface area contributed by atoms with Crippen LogP contribution < -0.4 is 11.2 Å². The summed E-state index contributed by atoms with van der Waals surface area (Å²) >= 11 is 4.38. The van der Waals surface area contributed by atoms with Crippen molar-refractivity contribution in [2.24, 2.45) is 5.73 Å². The molecular formula is C7H15N2NaO3S2. The molecular weight excluding hydrogens is 247 g/mol. The molecule has 0 rings (SSSR count). The Kier molecular flexibility index (Phi) is 11.3. The SMILES string of the molecule is C=CCCCCS(=O)(=O)ONC(N)=S.[NaH]. The van der Waals surface area contributed by atoms with Gasteiger partial charge in [-0.2, -0.15) is 8.42 Å². The molecule has 0 atom stereocenters. The van der Waals surface area contributed by atoms with Crippen molar-refractivity contribution in [1.29, 1.82) is 0 Å². The van der Waals surface area contributed by atoms with Crippen molar-refractivity contribution in [2.75, 3.05) is 5.75 Å². The van der Waals surface area contributed by atoms with Crippen LogP contribution in [0, 0.1) is 0 Å². The molecule has 0 saturated carbocycles. The van der Waals surface area contributed by atoms with Crippen LogP contribution in [0.25, 0.3) is 0 Å². The first-order valence-electron chi connectivity index (χ1n) is 4.05. The molecule has 0 saturated heterocycles. The number of allylic oxidation sites excluding steroid dienone is 1. The molecule has 0 unspecified atom stereocenters. The monoisotopic (exact) mass is 262 g/mol. The van der Waals surface area contributed by atoms with Crippen molar-refractivity contribution in [3.63, 3.8) is 0 Å². The summed E-state index contributed by atoms with van der Waals surface area (Å²) in [5, 5.41) is -0.209. The van der Waals surface area contributed by atoms with Crippen molar-refractivity contribution in [2.45, 2.75) is 19.3 Å². The van der Waals surface area contributed by atoms with Gasteiger partial charge in [0.05, 0.1) is 5.75 Å². The quantitative estimate of drug-likeness (QED) is 0.217. The number of hydrogen-bond acceptors (Lipinski definition) is 4. The maximum atomic E-state index is 11.1. The van der Waals surface area contributed by atoms with Gasteiger partial charge < -0.3 is 5.73 Å². The summed E-state index contributed by atoms with van der Waals surface area (Å²) in [5.74, 6) is -0.0591. The number of thiocarbonyl (C=S) groups is 1. The molecule has 84 valence electrons. The van der Waals surface area contributed by atoms with Crippen molar-refractivity contribution >= 4 is 57.0 Å². The van der Waals surface area contributed by atoms with Crippen LogP contribution >= 0.6 is 12.2 Å². The van der Waals surface area contributed by atoms with Gasteiger partial charge in [-0.05, 0) is 31.5 Å². The zero-order valence-electron chi connectivity index (χ0n) is 7.73. The zero-order valence-corrected chi connectivity index (χ0v) is 9.36. The molecule has 3 N–H and O–H groups in total. The van der Waals surface area contributed by atoms with Crippen LogP contribution in [-0.4, -0.2) is 48.8 Å². The maximum absolute atomic E-state index is 11.1. The van der Waals surface area contributed by atoms with Crippen molar-refractivity contribution in [3.05, 3.63) is 12.7 Å². The minimum atomic E-state index is -3.57. The van der Waals surface area contributed by atoms with E-state index >= 15 is 0 Å². The fourth-order valence-electron chi connectivity index (χ4n) is 0.714. The van der Waals surface area contributed by atoms with Crippen LogP contribution in [0.3, 0.4) is 0 Å². The second kappa shape index (κ2) is 9.56. The van der Waals surface area contributed by atoms with Gasteiger partial charge in [-0.1, -0.05) is 6.08 Å². The summed E-state index contributed by atoms with van der Waals surface area (Å²) in [4.78, 5) is 0. The second-order valence-electron chi connectivity index (χ2n) is 2.60. The molecule has 0 radical (unpaired) electrons. The number of rotatable bonds is 7. The number of nitrogens with two attached hydrogens (primary N) is 1. The molecule has 0 aromatic rings. The summed E-state index contributed by atoms with van der Waals surface area (Å²) in [7, 11) is -3.57. The Hall–Kier alpha value is 0.340. The third-order valence-electron chi connectivity index (χ3n) is 1.32. The zero-order chi connectivity index (χ0) is 11.0. The summed E-state index contributed by atoms with van der Waals surface area (Å²) in [6.07, 6.45) is 3.81. The van der Waals surface area contributed by atoms with E-state index < -0.39 is 10.1 Å². The number of hydrogen-bond donors (Lipinski definition) is 2. The van der Waals surface area contributed by atoms with Gasteiger partial charge in [0, 0.05) is 0 Å². The van der Waals surface area contributed by atoms with Crippen molar-refractivity contribution in [3.8, 4) is 0 Å². The van der Waals surface area contributed by atoms with Crippen LogP contribution in [0.2, 0.25) is 0 Å². The van der Waals surface area contributed by atoms with E-state index in [2.05, 4.69) is 23.1 Å². The van der Waals surface area contributed by atoms with Gasteiger partial charge in [0.2, 0.25) is 0 Å². The molecule has 0 aliphatic carbocycles. The third kappa shape index (κ3) is 12.3. The standard InChI is InChI=1S/C7H14N2O3S2.Na.H/c1-2-3-4-5-6-14(10,11)12-9-7(8)13;;/h2H,1,3-6H2,(H3,8,9,13);;. The van der Waals surface area contributed by atoms with Gasteiger partial charge in [0.1, 0.15) is 0 Å². The Bertz CT molecular complexity index is 293. The summed E-state index contributed by atoms with van der Waals surface area (Å²) in [6, 6.07) is 0. The van der Waals surface area contributed by atoms with Crippen LogP contribution in [-0.2, 0) is 14.4 Å². The van der Waals surface area contributed by atoms with Gasteiger partial charge in [0.15, 0.2) is 5.11 Å². The van der Waals surface area contributed by atoms with E-state index in [1.54, 1.807) is 6.08 Å². The number of hydroxylamine groups is 1. The van der Waals surface area contributed by atoms with Gasteiger partial charge in [-0.15, -0.1) is 10.9 Å². The molecule has 0 aromatic carbocycles. The van der Waals surface area contributed by atoms with E-state index in [-0.39, 0.29) is 40.4 Å². The fraction of sp³-hybridized carbons (Fsp3) is 0.571. The first-order valence-corrected chi connectivity index (χ1v) is 6.04. The first-order chi connectivity index (χ1) is 6.48. The van der Waals surface area contributed by atoms with Crippen molar-refractivity contribution in [1.82, 2.24) is 5.48 Å². The Morgan fingerprint density at radius 1 is 1.53 bits per heavy atom. The van der Waals surface area contributed by atoms with Gasteiger partial charge in [-0.25, -0.2) is 5.48 Å². The average Bonchev–Trinajstić information content (AvgIpc) is 2.10. The average molecular weight is 262 g/mol. The Labute approximate surface area is 118 Å². The molecule has 15 heavy (non-hydrogen) atoms. The van der Waals surface area contributed by atoms with Crippen LogP contribution in [0.15, 0.2) is 12.7 Å². The van der Waals surface area contributed by atoms with Gasteiger partial charge in [-0.3, -0.25) is 0 Å². The summed E-state index contributed by atoms with van der Waals surface area (Å²) in [5.41, 5.74) is 6.92. The van der Waals surface area contributed by atoms with Gasteiger partial charge in [0.25, 0.3) is 10.1 Å². The number of nitrogens with one attached hydrogen (secondary N) is 1. The fourth-order valence-corrected chi connectivity index (χ4v) is 1.67. The molecule has 8 heteroatoms. The molecule has 0 fully saturated rings. The topological polar surface area (TPSA) is 81.4 Å². The first kappa shape index (κ1) is 17.7. The van der Waals surface area contributed by atoms with E-state index in [1.807, 2.05) is 5.48 Å². The van der Waals surface area contributed by atoms with Gasteiger partial charge >= 0.3 is 29.6 Å². The Morgan fingerprint density at radius 2 is 2.13 bits per heavy atom. The molecule has 0 aliphatic rings. The van der Waals surface area contributed by atoms with Crippen LogP contribution in [0.5, 0.6) is 0 Å². The molecule has 0 aromatic heterocycles. The Morgan fingerprint density at radius 3 is 2.60 bits per heavy atom. The predicted octanol–water partition coefficient (Wildman–Crippen LogP) is -0.211. The molecule has 0 bridgehead atoms. The third-order valence-corrected chi connectivity index (χ3v) is 2.53. The van der Waals surface area contributed by atoms with Crippen molar-refractivity contribution < 1.29 is 12.7 Å². The normalized spacial score (nSPS) is 10.1. The minimum absolute atomic E-state index is 0. The molecule has 0 aliphatic heterocycles. The van der Waals surface area contributed by atoms with E-state index in [0.717, 1.165) is 12.8 Å². The van der Waals surface area contributed by atoms with E-state index in [0.29, 0.717) is 6.42 Å². The number of unbranched alkanes of at least 4 members (excludes halogenated alkanes) is 2. The second-order valence-corrected chi connectivity index (χ2v) is 4.73. The van der Waals surface area contributed by atoms with Crippen LogP contribution in [0.4, 0.5) is 0 Å². The molecule has 5 nitrogen and oxygen atoms in total. The van der Waals surface area contributed by atoms with E-state index in [9.17, 15) is 8.42 Å². The Balaban J connectivity index is 0. The van der Waals surface area contributed by atoms with Crippen LogP contribution in [0.1, 0.15) is 19.3 Å². The predicted molar refractivity (Wildman–Crippen MR) is 66.0 cm³/mol. The summed E-state index contributed by atoms with van der Waals surface area (Å²) < 4.78 is 26.4. The van der Waals surface area contributed by atoms with E-state index in [1.165, 1.54) is 0 Å². The molecule has 0 amide bonds. The summed E-state index contributed by atoms with van der Waals surface area (Å²) in [6.45, 7) is 3.53. The molecule has 0 heterocycles. The van der Waals surface area contributed by atoms with E-state index in [4.69, 9.17) is 5.73 Å². The molecule has 0 spiro atoms.